The Morgan fingerprint density at radius 3 is 2.62 bits per heavy atom. The van der Waals surface area contributed by atoms with Gasteiger partial charge >= 0.3 is 0 Å². The Balaban J connectivity index is 1.45. The highest BCUT2D eigenvalue weighted by Gasteiger charge is 2.39. The highest BCUT2D eigenvalue weighted by atomic mass is 19.1. The van der Waals surface area contributed by atoms with E-state index in [0.717, 1.165) is 38.8 Å². The largest absolute Gasteiger partial charge is 0.381 e. The lowest BCUT2D eigenvalue weighted by molar-refractivity contribution is -0.143. The minimum Gasteiger partial charge on any atom is -0.381 e. The summed E-state index contributed by atoms with van der Waals surface area (Å²) in [4.78, 5) is 27.6. The van der Waals surface area contributed by atoms with E-state index in [1.165, 1.54) is 38.4 Å². The number of carbonyl (C=O) groups is 1. The molecule has 0 radical (unpaired) electrons. The minimum atomic E-state index is -0.562. The van der Waals surface area contributed by atoms with Crippen molar-refractivity contribution in [1.29, 1.82) is 0 Å². The van der Waals surface area contributed by atoms with Gasteiger partial charge in [-0.2, -0.15) is 4.39 Å². The lowest BCUT2D eigenvalue weighted by Crippen LogP contribution is -2.59. The summed E-state index contributed by atoms with van der Waals surface area (Å²) in [7, 11) is 2.13. The topological polar surface area (TPSA) is 78.6 Å². The second-order valence-corrected chi connectivity index (χ2v) is 8.79. The molecule has 1 amide bonds. The average molecular weight is 405 g/mol. The zero-order valence-electron chi connectivity index (χ0n) is 17.4. The van der Waals surface area contributed by atoms with E-state index >= 15 is 0 Å². The molecule has 29 heavy (non-hydrogen) atoms. The molecule has 7 nitrogen and oxygen atoms in total. The molecule has 2 N–H and O–H groups in total. The molecule has 0 aromatic carbocycles. The molecule has 1 aromatic rings. The Labute approximate surface area is 172 Å². The maximum absolute atomic E-state index is 14.4. The van der Waals surface area contributed by atoms with Crippen molar-refractivity contribution in [3.8, 4) is 0 Å². The summed E-state index contributed by atoms with van der Waals surface area (Å²) in [5.74, 6) is -0.185. The van der Waals surface area contributed by atoms with Crippen LogP contribution in [0.2, 0.25) is 0 Å². The summed E-state index contributed by atoms with van der Waals surface area (Å²) in [5.41, 5.74) is 5.63. The number of hydrogen-bond acceptors (Lipinski definition) is 6. The number of anilines is 2. The molecule has 1 unspecified atom stereocenters. The fourth-order valence-electron chi connectivity index (χ4n) is 5.36. The summed E-state index contributed by atoms with van der Waals surface area (Å²) in [5, 5.41) is 0. The number of amides is 1. The van der Waals surface area contributed by atoms with Gasteiger partial charge in [0.05, 0.1) is 6.04 Å². The number of likely N-dealkylation sites (tertiary alicyclic amines) is 1. The van der Waals surface area contributed by atoms with Gasteiger partial charge in [-0.15, -0.1) is 0 Å². The van der Waals surface area contributed by atoms with Crippen molar-refractivity contribution >= 4 is 17.5 Å². The number of nitrogen functional groups attached to an aromatic ring is 1. The number of halogens is 1. The van der Waals surface area contributed by atoms with Crippen molar-refractivity contribution in [2.45, 2.75) is 75.9 Å². The molecule has 2 aliphatic heterocycles. The Morgan fingerprint density at radius 2 is 1.83 bits per heavy atom. The number of nitrogens with two attached hydrogens (primary N) is 1. The average Bonchev–Trinajstić information content (AvgIpc) is 2.76. The van der Waals surface area contributed by atoms with E-state index in [1.807, 2.05) is 4.90 Å². The molecule has 2 atom stereocenters. The van der Waals surface area contributed by atoms with Gasteiger partial charge in [0.15, 0.2) is 11.6 Å². The fraction of sp³-hybridized carbons (Fsp3) is 0.762. The third kappa shape index (κ3) is 4.17. The van der Waals surface area contributed by atoms with Crippen molar-refractivity contribution in [3.63, 3.8) is 0 Å². The van der Waals surface area contributed by atoms with E-state index in [4.69, 9.17) is 5.73 Å². The molecule has 3 aliphatic rings. The molecule has 2 saturated heterocycles. The van der Waals surface area contributed by atoms with Crippen LogP contribution in [-0.2, 0) is 4.79 Å². The Morgan fingerprint density at radius 1 is 1.07 bits per heavy atom. The third-order valence-corrected chi connectivity index (χ3v) is 7.02. The standard InChI is InChI=1S/C21H33FN6O/c1-26(15-7-3-2-4-8-15)17-10-6-12-28(21(17)29)16-9-5-11-27(13-16)20-18(22)19(23)24-14-25-20/h14-17H,2-13H2,1H3,(H2,23,24,25)/t16-,17?/m1/s1. The predicted octanol–water partition coefficient (Wildman–Crippen LogP) is 2.42. The zero-order valence-corrected chi connectivity index (χ0v) is 17.4. The fourth-order valence-corrected chi connectivity index (χ4v) is 5.36. The lowest BCUT2D eigenvalue weighted by atomic mass is 9.91. The van der Waals surface area contributed by atoms with E-state index in [1.54, 1.807) is 0 Å². The maximum Gasteiger partial charge on any atom is 0.240 e. The number of nitrogens with zero attached hydrogens (tertiary/aromatic N) is 5. The summed E-state index contributed by atoms with van der Waals surface area (Å²) in [6.07, 6.45) is 11.4. The van der Waals surface area contributed by atoms with Crippen molar-refractivity contribution in [2.24, 2.45) is 0 Å². The van der Waals surface area contributed by atoms with E-state index in [0.29, 0.717) is 12.6 Å². The minimum absolute atomic E-state index is 0.0198. The number of rotatable bonds is 4. The maximum atomic E-state index is 14.4. The van der Waals surface area contributed by atoms with E-state index in [9.17, 15) is 9.18 Å². The van der Waals surface area contributed by atoms with Crippen LogP contribution in [0.5, 0.6) is 0 Å². The summed E-state index contributed by atoms with van der Waals surface area (Å²) >= 11 is 0. The smallest absolute Gasteiger partial charge is 0.240 e. The molecular weight excluding hydrogens is 371 g/mol. The molecule has 0 spiro atoms. The molecule has 0 bridgehead atoms. The molecular formula is C21H33FN6O. The number of aromatic nitrogens is 2. The third-order valence-electron chi connectivity index (χ3n) is 7.02. The summed E-state index contributed by atoms with van der Waals surface area (Å²) in [6.45, 7) is 2.11. The first-order chi connectivity index (χ1) is 14.1. The van der Waals surface area contributed by atoms with Crippen LogP contribution in [0.4, 0.5) is 16.0 Å². The molecule has 3 heterocycles. The summed E-state index contributed by atoms with van der Waals surface area (Å²) in [6, 6.07) is 0.599. The molecule has 3 fully saturated rings. The molecule has 1 aliphatic carbocycles. The first-order valence-electron chi connectivity index (χ1n) is 11.1. The molecule has 160 valence electrons. The van der Waals surface area contributed by atoms with Gasteiger partial charge in [-0.05, 0) is 45.6 Å². The van der Waals surface area contributed by atoms with Crippen LogP contribution in [-0.4, -0.2) is 70.5 Å². The van der Waals surface area contributed by atoms with Gasteiger partial charge in [0.25, 0.3) is 0 Å². The second-order valence-electron chi connectivity index (χ2n) is 8.79. The van der Waals surface area contributed by atoms with Gasteiger partial charge in [0.1, 0.15) is 6.33 Å². The second kappa shape index (κ2) is 8.81. The van der Waals surface area contributed by atoms with Gasteiger partial charge in [-0.1, -0.05) is 19.3 Å². The number of hydrogen-bond donors (Lipinski definition) is 1. The lowest BCUT2D eigenvalue weighted by Gasteiger charge is -2.46. The molecule has 1 saturated carbocycles. The molecule has 4 rings (SSSR count). The van der Waals surface area contributed by atoms with Crippen LogP contribution in [0, 0.1) is 5.82 Å². The number of carbonyl (C=O) groups excluding carboxylic acids is 1. The van der Waals surface area contributed by atoms with Gasteiger partial charge in [0, 0.05) is 31.7 Å². The van der Waals surface area contributed by atoms with Crippen LogP contribution in [0.15, 0.2) is 6.33 Å². The SMILES string of the molecule is CN(C1CCCCC1)C1CCCN([C@@H]2CCCN(c3ncnc(N)c3F)C2)C1=O. The summed E-state index contributed by atoms with van der Waals surface area (Å²) < 4.78 is 14.4. The van der Waals surface area contributed by atoms with Crippen LogP contribution in [0.25, 0.3) is 0 Å². The highest BCUT2D eigenvalue weighted by molar-refractivity contribution is 5.83. The van der Waals surface area contributed by atoms with E-state index in [2.05, 4.69) is 26.8 Å². The zero-order chi connectivity index (χ0) is 20.4. The first-order valence-corrected chi connectivity index (χ1v) is 11.1. The van der Waals surface area contributed by atoms with E-state index < -0.39 is 5.82 Å². The van der Waals surface area contributed by atoms with Crippen LogP contribution in [0.3, 0.4) is 0 Å². The Hall–Kier alpha value is -1.96. The van der Waals surface area contributed by atoms with Crippen LogP contribution in [0.1, 0.15) is 57.8 Å². The Bertz CT molecular complexity index is 725. The number of piperidine rings is 2. The first kappa shape index (κ1) is 20.3. The van der Waals surface area contributed by atoms with Gasteiger partial charge < -0.3 is 15.5 Å². The van der Waals surface area contributed by atoms with Crippen molar-refractivity contribution in [3.05, 3.63) is 12.1 Å². The van der Waals surface area contributed by atoms with Gasteiger partial charge in [-0.25, -0.2) is 9.97 Å². The van der Waals surface area contributed by atoms with Crippen molar-refractivity contribution in [1.82, 2.24) is 19.8 Å². The van der Waals surface area contributed by atoms with Gasteiger partial charge in [-0.3, -0.25) is 9.69 Å². The predicted molar refractivity (Wildman–Crippen MR) is 111 cm³/mol. The molecule has 8 heteroatoms. The normalized spacial score (nSPS) is 26.9. The van der Waals surface area contributed by atoms with Crippen LogP contribution < -0.4 is 10.6 Å². The quantitative estimate of drug-likeness (QED) is 0.830. The monoisotopic (exact) mass is 404 g/mol. The highest BCUT2D eigenvalue weighted by Crippen LogP contribution is 2.30. The molecule has 1 aromatic heterocycles. The van der Waals surface area contributed by atoms with Crippen molar-refractivity contribution < 1.29 is 9.18 Å². The van der Waals surface area contributed by atoms with Crippen molar-refractivity contribution in [2.75, 3.05) is 37.3 Å². The van der Waals surface area contributed by atoms with Crippen LogP contribution >= 0.6 is 0 Å². The Kier molecular flexibility index (Phi) is 6.18. The number of likely N-dealkylation sites (N-methyl/N-ethyl adjacent to an activating group) is 1. The van der Waals surface area contributed by atoms with Gasteiger partial charge in [0.2, 0.25) is 11.7 Å². The van der Waals surface area contributed by atoms with E-state index in [-0.39, 0.29) is 29.6 Å².